The number of piperazine rings is 1. The Morgan fingerprint density at radius 2 is 2.12 bits per heavy atom. The van der Waals surface area contributed by atoms with Crippen LogP contribution >= 0.6 is 11.3 Å². The van der Waals surface area contributed by atoms with Crippen LogP contribution in [0.25, 0.3) is 4.96 Å². The molecule has 1 saturated heterocycles. The summed E-state index contributed by atoms with van der Waals surface area (Å²) in [5, 5.41) is 11.1. The molecule has 0 bridgehead atoms. The highest BCUT2D eigenvalue weighted by molar-refractivity contribution is 7.15. The maximum Gasteiger partial charge on any atom is 0.258 e. The molecule has 4 rings (SSSR count). The van der Waals surface area contributed by atoms with E-state index in [9.17, 15) is 10.1 Å². The van der Waals surface area contributed by atoms with Crippen molar-refractivity contribution in [2.75, 3.05) is 31.1 Å². The largest absolute Gasteiger partial charge is 0.353 e. The Morgan fingerprint density at radius 1 is 1.28 bits per heavy atom. The van der Waals surface area contributed by atoms with Crippen molar-refractivity contribution in [1.29, 1.82) is 5.26 Å². The number of rotatable bonds is 3. The molecule has 0 aromatic carbocycles. The van der Waals surface area contributed by atoms with Crippen molar-refractivity contribution in [2.24, 2.45) is 0 Å². The van der Waals surface area contributed by atoms with Crippen LogP contribution in [0, 0.1) is 11.3 Å². The second-order valence-corrected chi connectivity index (χ2v) is 6.76. The Labute approximate surface area is 148 Å². The number of hydrogen-bond acceptors (Lipinski definition) is 7. The lowest BCUT2D eigenvalue weighted by molar-refractivity contribution is 0.246. The molecule has 126 valence electrons. The third-order valence-electron chi connectivity index (χ3n) is 4.32. The first kappa shape index (κ1) is 15.7. The van der Waals surface area contributed by atoms with Gasteiger partial charge in [0.1, 0.15) is 11.9 Å². The molecule has 1 aliphatic rings. The average Bonchev–Trinajstić information content (AvgIpc) is 3.11. The summed E-state index contributed by atoms with van der Waals surface area (Å²) in [5.74, 6) is 0.751. The maximum atomic E-state index is 12.1. The normalized spacial score (nSPS) is 15.4. The van der Waals surface area contributed by atoms with Crippen LogP contribution in [0.5, 0.6) is 0 Å². The van der Waals surface area contributed by atoms with E-state index >= 15 is 0 Å². The molecule has 1 aliphatic heterocycles. The molecule has 3 aromatic heterocycles. The first-order valence-electron chi connectivity index (χ1n) is 8.03. The van der Waals surface area contributed by atoms with E-state index in [0.29, 0.717) is 12.1 Å². The number of nitrogens with zero attached hydrogens (tertiary/aromatic N) is 6. The summed E-state index contributed by atoms with van der Waals surface area (Å²) in [5.41, 5.74) is 1.37. The van der Waals surface area contributed by atoms with Gasteiger partial charge in [0.05, 0.1) is 11.3 Å². The molecule has 0 N–H and O–H groups in total. The zero-order valence-electron chi connectivity index (χ0n) is 13.5. The molecule has 0 aliphatic carbocycles. The Kier molecular flexibility index (Phi) is 4.17. The lowest BCUT2D eigenvalue weighted by Crippen LogP contribution is -2.46. The van der Waals surface area contributed by atoms with Gasteiger partial charge in [-0.15, -0.1) is 11.3 Å². The average molecular weight is 352 g/mol. The van der Waals surface area contributed by atoms with Gasteiger partial charge >= 0.3 is 0 Å². The summed E-state index contributed by atoms with van der Waals surface area (Å²) in [4.78, 5) is 26.1. The monoisotopic (exact) mass is 352 g/mol. The maximum absolute atomic E-state index is 12.1. The molecule has 7 nitrogen and oxygen atoms in total. The molecular weight excluding hydrogens is 336 g/mol. The van der Waals surface area contributed by atoms with E-state index in [2.05, 4.69) is 25.8 Å². The zero-order valence-corrected chi connectivity index (χ0v) is 14.3. The van der Waals surface area contributed by atoms with E-state index in [1.165, 1.54) is 11.3 Å². The van der Waals surface area contributed by atoms with Crippen molar-refractivity contribution >= 4 is 22.1 Å². The third kappa shape index (κ3) is 3.12. The molecule has 3 aromatic rings. The van der Waals surface area contributed by atoms with Crippen molar-refractivity contribution in [1.82, 2.24) is 19.3 Å². The second kappa shape index (κ2) is 6.63. The highest BCUT2D eigenvalue weighted by atomic mass is 32.1. The number of thiazole rings is 1. The quantitative estimate of drug-likeness (QED) is 0.708. The minimum Gasteiger partial charge on any atom is -0.353 e. The number of nitriles is 1. The van der Waals surface area contributed by atoms with E-state index < -0.39 is 0 Å². The molecule has 0 saturated carbocycles. The van der Waals surface area contributed by atoms with Crippen molar-refractivity contribution < 1.29 is 0 Å². The molecule has 1 fully saturated rings. The summed E-state index contributed by atoms with van der Waals surface area (Å²) < 4.78 is 1.57. The lowest BCUT2D eigenvalue weighted by Gasteiger charge is -2.35. The summed E-state index contributed by atoms with van der Waals surface area (Å²) in [6, 6.07) is 7.39. The predicted octanol–water partition coefficient (Wildman–Crippen LogP) is 1.34. The lowest BCUT2D eigenvalue weighted by atomic mass is 10.2. The number of anilines is 1. The highest BCUT2D eigenvalue weighted by Gasteiger charge is 2.20. The summed E-state index contributed by atoms with van der Waals surface area (Å²) in [7, 11) is 0. The minimum absolute atomic E-state index is 0.0352. The van der Waals surface area contributed by atoms with Crippen molar-refractivity contribution in [3.8, 4) is 6.07 Å². The molecule has 8 heteroatoms. The van der Waals surface area contributed by atoms with Crippen LogP contribution < -0.4 is 10.5 Å². The predicted molar refractivity (Wildman–Crippen MR) is 95.8 cm³/mol. The van der Waals surface area contributed by atoms with Crippen molar-refractivity contribution in [2.45, 2.75) is 6.54 Å². The Morgan fingerprint density at radius 3 is 2.92 bits per heavy atom. The summed E-state index contributed by atoms with van der Waals surface area (Å²) in [6.07, 6.45) is 3.47. The second-order valence-electron chi connectivity index (χ2n) is 5.89. The van der Waals surface area contributed by atoms with Gasteiger partial charge in [0.2, 0.25) is 0 Å². The van der Waals surface area contributed by atoms with E-state index in [1.807, 2.05) is 5.38 Å². The number of aromatic nitrogens is 3. The van der Waals surface area contributed by atoms with Gasteiger partial charge in [-0.2, -0.15) is 5.26 Å². The van der Waals surface area contributed by atoms with Crippen LogP contribution in [0.4, 0.5) is 5.82 Å². The first-order chi connectivity index (χ1) is 12.2. The Bertz CT molecular complexity index is 996. The number of fused-ring (bicyclic) bond motifs is 1. The molecule has 0 spiro atoms. The van der Waals surface area contributed by atoms with Gasteiger partial charge in [-0.05, 0) is 12.1 Å². The zero-order chi connectivity index (χ0) is 17.2. The van der Waals surface area contributed by atoms with Crippen LogP contribution in [-0.2, 0) is 6.54 Å². The Hall–Kier alpha value is -2.76. The molecule has 0 radical (unpaired) electrons. The van der Waals surface area contributed by atoms with E-state index in [4.69, 9.17) is 0 Å². The van der Waals surface area contributed by atoms with E-state index in [-0.39, 0.29) is 5.56 Å². The molecule has 4 heterocycles. The van der Waals surface area contributed by atoms with Crippen LogP contribution in [-0.4, -0.2) is 45.4 Å². The fourth-order valence-electron chi connectivity index (χ4n) is 3.05. The Balaban J connectivity index is 1.45. The third-order valence-corrected chi connectivity index (χ3v) is 5.08. The van der Waals surface area contributed by atoms with Gasteiger partial charge in [-0.3, -0.25) is 14.1 Å². The smallest absolute Gasteiger partial charge is 0.258 e. The van der Waals surface area contributed by atoms with Gasteiger partial charge in [-0.1, -0.05) is 0 Å². The van der Waals surface area contributed by atoms with Gasteiger partial charge in [0.15, 0.2) is 4.96 Å². The SMILES string of the molecule is N#Cc1cccnc1N1CCN(Cc2cc(=O)n3ccsc3n2)CC1. The summed E-state index contributed by atoms with van der Waals surface area (Å²) >= 11 is 1.47. The fraction of sp³-hybridized carbons (Fsp3) is 0.294. The minimum atomic E-state index is -0.0352. The summed E-state index contributed by atoms with van der Waals surface area (Å²) in [6.45, 7) is 3.93. The fourth-order valence-corrected chi connectivity index (χ4v) is 3.79. The van der Waals surface area contributed by atoms with E-state index in [1.54, 1.807) is 35.0 Å². The van der Waals surface area contributed by atoms with Crippen LogP contribution in [0.15, 0.2) is 40.8 Å². The van der Waals surface area contributed by atoms with E-state index in [0.717, 1.165) is 42.7 Å². The standard InChI is InChI=1S/C17H16N6OS/c18-11-13-2-1-3-19-16(13)22-6-4-21(5-7-22)12-14-10-15(24)23-8-9-25-17(23)20-14/h1-3,8-10H,4-7,12H2. The van der Waals surface area contributed by atoms with Gasteiger partial charge < -0.3 is 4.90 Å². The van der Waals surface area contributed by atoms with Gasteiger partial charge in [0, 0.05) is 56.6 Å². The molecular formula is C17H16N6OS. The molecule has 0 unspecified atom stereocenters. The van der Waals surface area contributed by atoms with Crippen LogP contribution in [0.1, 0.15) is 11.3 Å². The molecule has 0 atom stereocenters. The highest BCUT2D eigenvalue weighted by Crippen LogP contribution is 2.18. The van der Waals surface area contributed by atoms with Crippen molar-refractivity contribution in [3.05, 3.63) is 57.6 Å². The van der Waals surface area contributed by atoms with Crippen molar-refractivity contribution in [3.63, 3.8) is 0 Å². The van der Waals surface area contributed by atoms with Gasteiger partial charge in [0.25, 0.3) is 5.56 Å². The first-order valence-corrected chi connectivity index (χ1v) is 8.91. The molecule has 25 heavy (non-hydrogen) atoms. The number of pyridine rings is 1. The number of hydrogen-bond donors (Lipinski definition) is 0. The van der Waals surface area contributed by atoms with Crippen LogP contribution in [0.2, 0.25) is 0 Å². The van der Waals surface area contributed by atoms with Crippen LogP contribution in [0.3, 0.4) is 0 Å². The van der Waals surface area contributed by atoms with Gasteiger partial charge in [-0.25, -0.2) is 9.97 Å². The molecule has 0 amide bonds. The topological polar surface area (TPSA) is 77.5 Å².